The van der Waals surface area contributed by atoms with Crippen LogP contribution in [-0.4, -0.2) is 93.0 Å². The van der Waals surface area contributed by atoms with E-state index >= 15 is 0 Å². The zero-order valence-electron chi connectivity index (χ0n) is 30.2. The van der Waals surface area contributed by atoms with Gasteiger partial charge in [0.2, 0.25) is 6.41 Å². The standard InChI is InChI=1S/C40H61FN6O/c1-9-13-34(27-43-19-21-47(20-11-3)32(7)38(14-10-2)44-29-48)22-33-15-16-35(12-4)37(23-33)24-36(30(5)26-42)17-18-39-40(45-39)28-46(8)31(6)25-41/h4,9,13,17-18,22,24,29-31,38-39,43H,1,7,10-11,14-16,19-21,23,25-28,42H2,2-3,5-6,8H3,(H,44,48)/b18-17-,33-22-,34-13+,36-24-/t30?,31-,38-,39?/m0/s1. The molecule has 0 aromatic heterocycles. The molecule has 0 aromatic rings. The molecule has 1 heterocycles. The molecule has 2 unspecified atom stereocenters. The molecule has 0 spiro atoms. The molecule has 0 bridgehead atoms. The average Bonchev–Trinajstić information content (AvgIpc) is 3.83. The van der Waals surface area contributed by atoms with E-state index in [9.17, 15) is 9.18 Å². The first-order valence-corrected chi connectivity index (χ1v) is 17.6. The molecule has 0 radical (unpaired) electrons. The molecule has 4 N–H and O–H groups in total. The summed E-state index contributed by atoms with van der Waals surface area (Å²) in [5.41, 5.74) is 14.0. The van der Waals surface area contributed by atoms with E-state index in [-0.39, 0.29) is 30.7 Å². The van der Waals surface area contributed by atoms with Gasteiger partial charge in [0, 0.05) is 50.0 Å². The number of carbonyl (C=O) groups excluding carboxylic acids is 1. The van der Waals surface area contributed by atoms with E-state index in [0.717, 1.165) is 92.7 Å². The van der Waals surface area contributed by atoms with Gasteiger partial charge in [-0.2, -0.15) is 0 Å². The van der Waals surface area contributed by atoms with Crippen LogP contribution >= 0.6 is 0 Å². The highest BCUT2D eigenvalue weighted by atomic mass is 19.1. The van der Waals surface area contributed by atoms with E-state index in [1.54, 1.807) is 0 Å². The summed E-state index contributed by atoms with van der Waals surface area (Å²) in [5, 5.41) is 6.54. The van der Waals surface area contributed by atoms with Crippen molar-refractivity contribution in [2.24, 2.45) is 16.6 Å². The summed E-state index contributed by atoms with van der Waals surface area (Å²) in [7, 11) is 1.93. The van der Waals surface area contributed by atoms with Crippen LogP contribution < -0.4 is 16.4 Å². The maximum absolute atomic E-state index is 13.1. The molecule has 1 aliphatic heterocycles. The smallest absolute Gasteiger partial charge is 0.207 e. The van der Waals surface area contributed by atoms with E-state index in [1.165, 1.54) is 11.1 Å². The normalized spacial score (nSPS) is 19.6. The van der Waals surface area contributed by atoms with Crippen molar-refractivity contribution < 1.29 is 9.18 Å². The fourth-order valence-electron chi connectivity index (χ4n) is 5.79. The van der Waals surface area contributed by atoms with Crippen LogP contribution in [0.15, 0.2) is 88.2 Å². The summed E-state index contributed by atoms with van der Waals surface area (Å²) in [6.07, 6.45) is 24.8. The molecule has 264 valence electrons. The van der Waals surface area contributed by atoms with E-state index in [1.807, 2.05) is 24.9 Å². The minimum absolute atomic E-state index is 0.0388. The minimum Gasteiger partial charge on any atom is -0.372 e. The topological polar surface area (TPSA) is 86.0 Å². The van der Waals surface area contributed by atoms with Gasteiger partial charge >= 0.3 is 0 Å². The molecule has 4 atom stereocenters. The van der Waals surface area contributed by atoms with Crippen molar-refractivity contribution in [1.29, 1.82) is 0 Å². The van der Waals surface area contributed by atoms with E-state index in [0.29, 0.717) is 19.6 Å². The summed E-state index contributed by atoms with van der Waals surface area (Å²) in [5.74, 6) is 3.11. The zero-order valence-corrected chi connectivity index (χ0v) is 30.2. The molecular formula is C40H61FN6O. The van der Waals surface area contributed by atoms with Gasteiger partial charge in [-0.25, -0.2) is 4.39 Å². The van der Waals surface area contributed by atoms with Crippen molar-refractivity contribution in [3.8, 4) is 12.3 Å². The highest BCUT2D eigenvalue weighted by Crippen LogP contribution is 2.32. The number of halogens is 1. The molecule has 1 amide bonds. The van der Waals surface area contributed by atoms with Crippen LogP contribution in [0, 0.1) is 18.3 Å². The number of hydrogen-bond donors (Lipinski definition) is 3. The molecule has 8 heteroatoms. The van der Waals surface area contributed by atoms with Gasteiger partial charge in [0.15, 0.2) is 0 Å². The number of terminal acetylenes is 1. The van der Waals surface area contributed by atoms with Crippen LogP contribution in [0.2, 0.25) is 0 Å². The van der Waals surface area contributed by atoms with Crippen molar-refractivity contribution in [3.05, 3.63) is 83.2 Å². The molecule has 0 saturated heterocycles. The molecule has 0 aromatic carbocycles. The largest absolute Gasteiger partial charge is 0.372 e. The number of alkyl halides is 1. The lowest BCUT2D eigenvalue weighted by Crippen LogP contribution is -2.41. The fraction of sp³-hybridized carbons (Fsp3) is 0.550. The van der Waals surface area contributed by atoms with Gasteiger partial charge in [-0.15, -0.1) is 6.42 Å². The number of carbonyl (C=O) groups is 1. The SMILES string of the molecule is C#CC1=C(/C=C(/C=C\C2N=C2CN(C)[C@@H](C)CF)C(C)CN)C/C(=C\C(=C/C=C)CNCCN(CCC)C(=C)[C@H](CCC)NC=O)CC1. The predicted molar refractivity (Wildman–Crippen MR) is 203 cm³/mol. The first kappa shape index (κ1) is 40.7. The second-order valence-electron chi connectivity index (χ2n) is 13.0. The van der Waals surface area contributed by atoms with Gasteiger partial charge in [0.05, 0.1) is 11.8 Å². The number of aliphatic imine (C=N–C) groups is 1. The Hall–Kier alpha value is -3.51. The molecule has 7 nitrogen and oxygen atoms in total. The summed E-state index contributed by atoms with van der Waals surface area (Å²) < 4.78 is 13.1. The number of nitrogens with two attached hydrogens (primary N) is 1. The van der Waals surface area contributed by atoms with Crippen molar-refractivity contribution in [2.75, 3.05) is 53.0 Å². The summed E-state index contributed by atoms with van der Waals surface area (Å²) in [6, 6.07) is -0.0978. The Morgan fingerprint density at radius 3 is 2.65 bits per heavy atom. The lowest BCUT2D eigenvalue weighted by molar-refractivity contribution is -0.110. The minimum atomic E-state index is -0.369. The average molecular weight is 661 g/mol. The fourth-order valence-corrected chi connectivity index (χ4v) is 5.79. The Labute approximate surface area is 290 Å². The number of nitrogens with zero attached hydrogens (tertiary/aromatic N) is 3. The molecule has 0 saturated carbocycles. The van der Waals surface area contributed by atoms with Gasteiger partial charge in [0.1, 0.15) is 12.7 Å². The Morgan fingerprint density at radius 1 is 1.25 bits per heavy atom. The number of nitrogens with one attached hydrogen (secondary N) is 2. The van der Waals surface area contributed by atoms with Gasteiger partial charge in [0.25, 0.3) is 0 Å². The van der Waals surface area contributed by atoms with E-state index in [4.69, 9.17) is 12.2 Å². The van der Waals surface area contributed by atoms with E-state index < -0.39 is 0 Å². The zero-order chi connectivity index (χ0) is 35.5. The highest BCUT2D eigenvalue weighted by molar-refractivity contribution is 6.04. The molecule has 48 heavy (non-hydrogen) atoms. The van der Waals surface area contributed by atoms with Crippen molar-refractivity contribution in [1.82, 2.24) is 20.4 Å². The number of allylic oxidation sites excluding steroid dienone is 7. The van der Waals surface area contributed by atoms with Crippen LogP contribution in [-0.2, 0) is 4.79 Å². The van der Waals surface area contributed by atoms with Crippen LogP contribution in [0.5, 0.6) is 0 Å². The Kier molecular flexibility index (Phi) is 18.8. The Morgan fingerprint density at radius 2 is 2.02 bits per heavy atom. The quantitative estimate of drug-likeness (QED) is 0.0508. The summed E-state index contributed by atoms with van der Waals surface area (Å²) >= 11 is 0. The van der Waals surface area contributed by atoms with Gasteiger partial charge in [-0.1, -0.05) is 88.3 Å². The van der Waals surface area contributed by atoms with Gasteiger partial charge in [-0.05, 0) is 75.3 Å². The molecule has 2 aliphatic rings. The lowest BCUT2D eigenvalue weighted by atomic mass is 9.85. The van der Waals surface area contributed by atoms with Crippen LogP contribution in [0.25, 0.3) is 0 Å². The predicted octanol–water partition coefficient (Wildman–Crippen LogP) is 6.06. The third-order valence-electron chi connectivity index (χ3n) is 9.13. The molecule has 2 rings (SSSR count). The Balaban J connectivity index is 2.11. The summed E-state index contributed by atoms with van der Waals surface area (Å²) in [6.45, 7) is 20.6. The monoisotopic (exact) mass is 660 g/mol. The van der Waals surface area contributed by atoms with Crippen molar-refractivity contribution >= 4 is 12.1 Å². The molecule has 0 fully saturated rings. The molecular weight excluding hydrogens is 599 g/mol. The van der Waals surface area contributed by atoms with Crippen LogP contribution in [0.4, 0.5) is 4.39 Å². The maximum atomic E-state index is 13.1. The highest BCUT2D eigenvalue weighted by Gasteiger charge is 2.27. The third kappa shape index (κ3) is 13.5. The van der Waals surface area contributed by atoms with Crippen molar-refractivity contribution in [3.63, 3.8) is 0 Å². The first-order chi connectivity index (χ1) is 23.1. The lowest BCUT2D eigenvalue weighted by Gasteiger charge is -2.31. The second-order valence-corrected chi connectivity index (χ2v) is 13.0. The Bertz CT molecular complexity index is 1300. The number of hydrogen-bond acceptors (Lipinski definition) is 6. The van der Waals surface area contributed by atoms with Gasteiger partial charge < -0.3 is 21.3 Å². The van der Waals surface area contributed by atoms with Crippen LogP contribution in [0.3, 0.4) is 0 Å². The van der Waals surface area contributed by atoms with Crippen LogP contribution in [0.1, 0.15) is 66.2 Å². The van der Waals surface area contributed by atoms with Crippen molar-refractivity contribution in [2.45, 2.75) is 84.3 Å². The first-order valence-electron chi connectivity index (χ1n) is 17.6. The van der Waals surface area contributed by atoms with Gasteiger partial charge in [-0.3, -0.25) is 14.7 Å². The third-order valence-corrected chi connectivity index (χ3v) is 9.13. The molecule has 1 aliphatic carbocycles. The number of amides is 1. The number of rotatable bonds is 24. The second kappa shape index (κ2) is 22.2. The van der Waals surface area contributed by atoms with E-state index in [2.05, 4.69) is 90.8 Å². The summed E-state index contributed by atoms with van der Waals surface area (Å²) in [4.78, 5) is 20.0. The maximum Gasteiger partial charge on any atom is 0.207 e.